The fraction of sp³-hybridized carbons (Fsp3) is 0.318. The van der Waals surface area contributed by atoms with Crippen LogP contribution >= 0.6 is 11.6 Å². The van der Waals surface area contributed by atoms with Gasteiger partial charge in [0.25, 0.3) is 5.89 Å². The normalized spacial score (nSPS) is 13.8. The van der Waals surface area contributed by atoms with E-state index in [0.717, 1.165) is 5.56 Å². The molecule has 0 saturated carbocycles. The number of rotatable bonds is 6. The number of furan rings is 1. The maximum Gasteiger partial charge on any atom is 0.266 e. The maximum atomic E-state index is 12.7. The van der Waals surface area contributed by atoms with Crippen LogP contribution in [-0.2, 0) is 11.2 Å². The van der Waals surface area contributed by atoms with Gasteiger partial charge in [0.15, 0.2) is 5.76 Å². The lowest BCUT2D eigenvalue weighted by Crippen LogP contribution is -2.49. The van der Waals surface area contributed by atoms with Crippen LogP contribution in [0.15, 0.2) is 45.4 Å². The van der Waals surface area contributed by atoms with Gasteiger partial charge in [-0.15, -0.1) is 0 Å². The molecule has 1 fully saturated rings. The molecule has 1 aromatic carbocycles. The molecule has 8 nitrogen and oxygen atoms in total. The third-order valence-corrected chi connectivity index (χ3v) is 5.51. The first kappa shape index (κ1) is 20.8. The van der Waals surface area contributed by atoms with Crippen LogP contribution in [-0.4, -0.2) is 49.1 Å². The van der Waals surface area contributed by atoms with Crippen molar-refractivity contribution < 1.29 is 18.4 Å². The summed E-state index contributed by atoms with van der Waals surface area (Å²) in [7, 11) is 1.57. The molecule has 31 heavy (non-hydrogen) atoms. The first-order valence-corrected chi connectivity index (χ1v) is 10.3. The number of nitrogens with zero attached hydrogens (tertiary/aromatic N) is 4. The van der Waals surface area contributed by atoms with Crippen molar-refractivity contribution in [2.45, 2.75) is 12.8 Å². The van der Waals surface area contributed by atoms with Crippen molar-refractivity contribution in [1.29, 1.82) is 5.26 Å². The number of halogens is 1. The van der Waals surface area contributed by atoms with Crippen LogP contribution in [0.3, 0.4) is 0 Å². The summed E-state index contributed by atoms with van der Waals surface area (Å²) in [6.07, 6.45) is 2.53. The summed E-state index contributed by atoms with van der Waals surface area (Å²) in [6.45, 7) is 2.21. The molecule has 0 unspecified atom stereocenters. The molecule has 0 N–H and O–H groups in total. The number of ether oxygens (including phenoxy) is 1. The Kier molecular flexibility index (Phi) is 6.14. The third kappa shape index (κ3) is 4.52. The van der Waals surface area contributed by atoms with Crippen LogP contribution in [0, 0.1) is 11.3 Å². The topological polar surface area (TPSA) is 95.7 Å². The summed E-state index contributed by atoms with van der Waals surface area (Å²) in [4.78, 5) is 20.6. The summed E-state index contributed by atoms with van der Waals surface area (Å²) >= 11 is 6.16. The molecule has 2 aromatic heterocycles. The Morgan fingerprint density at radius 2 is 2.10 bits per heavy atom. The number of carbonyl (C=O) groups excluding carboxylic acids is 1. The van der Waals surface area contributed by atoms with Crippen molar-refractivity contribution >= 4 is 23.4 Å². The smallest absolute Gasteiger partial charge is 0.266 e. The number of hydrogen-bond donors (Lipinski definition) is 0. The minimum absolute atomic E-state index is 0.0842. The summed E-state index contributed by atoms with van der Waals surface area (Å²) in [5.74, 6) is 1.85. The van der Waals surface area contributed by atoms with Gasteiger partial charge >= 0.3 is 0 Å². The molecule has 3 heterocycles. The number of anilines is 1. The number of aromatic nitrogens is 1. The van der Waals surface area contributed by atoms with Crippen molar-refractivity contribution in [2.75, 3.05) is 38.2 Å². The Morgan fingerprint density at radius 3 is 2.74 bits per heavy atom. The molecule has 0 aliphatic carbocycles. The third-order valence-electron chi connectivity index (χ3n) is 5.21. The Labute approximate surface area is 184 Å². The van der Waals surface area contributed by atoms with Gasteiger partial charge in [-0.3, -0.25) is 4.79 Å². The lowest BCUT2D eigenvalue weighted by molar-refractivity contribution is -0.131. The highest BCUT2D eigenvalue weighted by molar-refractivity contribution is 6.32. The monoisotopic (exact) mass is 440 g/mol. The van der Waals surface area contributed by atoms with E-state index in [9.17, 15) is 10.1 Å². The van der Waals surface area contributed by atoms with Crippen molar-refractivity contribution in [3.63, 3.8) is 0 Å². The van der Waals surface area contributed by atoms with Gasteiger partial charge in [0.05, 0.1) is 18.4 Å². The van der Waals surface area contributed by atoms with Crippen LogP contribution in [0.1, 0.15) is 17.7 Å². The highest BCUT2D eigenvalue weighted by atomic mass is 35.5. The van der Waals surface area contributed by atoms with Crippen molar-refractivity contribution in [1.82, 2.24) is 9.88 Å². The van der Waals surface area contributed by atoms with Crippen LogP contribution in [0.4, 0.5) is 5.88 Å². The number of aryl methyl sites for hydroxylation is 1. The van der Waals surface area contributed by atoms with Crippen molar-refractivity contribution in [2.24, 2.45) is 0 Å². The second-order valence-corrected chi connectivity index (χ2v) is 7.51. The Balaban J connectivity index is 1.34. The van der Waals surface area contributed by atoms with Gasteiger partial charge in [0, 0.05) is 32.6 Å². The molecule has 0 spiro atoms. The fourth-order valence-corrected chi connectivity index (χ4v) is 3.82. The molecule has 3 aromatic rings. The molecule has 160 valence electrons. The summed E-state index contributed by atoms with van der Waals surface area (Å²) < 4.78 is 16.2. The quantitative estimate of drug-likeness (QED) is 0.575. The van der Waals surface area contributed by atoms with E-state index in [-0.39, 0.29) is 17.5 Å². The van der Waals surface area contributed by atoms with E-state index in [4.69, 9.17) is 25.2 Å². The minimum Gasteiger partial charge on any atom is -0.495 e. The molecule has 1 amide bonds. The van der Waals surface area contributed by atoms with E-state index in [0.29, 0.717) is 61.4 Å². The zero-order chi connectivity index (χ0) is 21.8. The second kappa shape index (κ2) is 9.14. The molecule has 0 radical (unpaired) electrons. The largest absolute Gasteiger partial charge is 0.495 e. The van der Waals surface area contributed by atoms with Crippen molar-refractivity contribution in [3.05, 3.63) is 52.9 Å². The maximum absolute atomic E-state index is 12.7. The number of methoxy groups -OCH3 is 1. The van der Waals surface area contributed by atoms with Gasteiger partial charge in [0.2, 0.25) is 17.5 Å². The lowest BCUT2D eigenvalue weighted by Gasteiger charge is -2.34. The zero-order valence-corrected chi connectivity index (χ0v) is 17.8. The summed E-state index contributed by atoms with van der Waals surface area (Å²) in [5.41, 5.74) is 1.20. The molecule has 9 heteroatoms. The molecular weight excluding hydrogens is 420 g/mol. The molecule has 1 aliphatic heterocycles. The first-order valence-electron chi connectivity index (χ1n) is 9.89. The van der Waals surface area contributed by atoms with Gasteiger partial charge in [-0.25, -0.2) is 0 Å². The molecular formula is C22H21ClN4O4. The van der Waals surface area contributed by atoms with Gasteiger partial charge < -0.3 is 23.4 Å². The van der Waals surface area contributed by atoms with E-state index in [1.807, 2.05) is 28.0 Å². The number of nitriles is 1. The standard InChI is InChI=1S/C22H21ClN4O4/c1-29-18-6-4-15(13-16(18)23)5-7-20(28)26-8-10-27(11-9-26)22-17(14-24)25-21(31-22)19-3-2-12-30-19/h2-4,6,12-13H,5,7-11H2,1H3. The van der Waals surface area contributed by atoms with E-state index in [2.05, 4.69) is 11.1 Å². The highest BCUT2D eigenvalue weighted by Gasteiger charge is 2.27. The van der Waals surface area contributed by atoms with E-state index < -0.39 is 0 Å². The number of amides is 1. The first-order chi connectivity index (χ1) is 15.1. The average molecular weight is 441 g/mol. The number of carbonyl (C=O) groups is 1. The van der Waals surface area contributed by atoms with Crippen LogP contribution in [0.25, 0.3) is 11.7 Å². The number of piperazine rings is 1. The molecule has 1 aliphatic rings. The predicted molar refractivity (Wildman–Crippen MR) is 114 cm³/mol. The van der Waals surface area contributed by atoms with Crippen LogP contribution in [0.5, 0.6) is 5.75 Å². The van der Waals surface area contributed by atoms with E-state index in [1.165, 1.54) is 6.26 Å². The van der Waals surface area contributed by atoms with Gasteiger partial charge in [0.1, 0.15) is 11.8 Å². The number of oxazole rings is 1. The van der Waals surface area contributed by atoms with Crippen molar-refractivity contribution in [3.8, 4) is 23.5 Å². The molecule has 0 atom stereocenters. The fourth-order valence-electron chi connectivity index (χ4n) is 3.54. The molecule has 4 rings (SSSR count). The Bertz CT molecular complexity index is 1100. The van der Waals surface area contributed by atoms with E-state index >= 15 is 0 Å². The second-order valence-electron chi connectivity index (χ2n) is 7.10. The molecule has 0 bridgehead atoms. The Morgan fingerprint density at radius 1 is 1.29 bits per heavy atom. The zero-order valence-electron chi connectivity index (χ0n) is 17.0. The average Bonchev–Trinajstić information content (AvgIpc) is 3.47. The number of hydrogen-bond acceptors (Lipinski definition) is 7. The summed E-state index contributed by atoms with van der Waals surface area (Å²) in [5, 5.41) is 9.96. The van der Waals surface area contributed by atoms with Gasteiger partial charge in [-0.05, 0) is 36.2 Å². The van der Waals surface area contributed by atoms with Crippen LogP contribution in [0.2, 0.25) is 5.02 Å². The van der Waals surface area contributed by atoms with Gasteiger partial charge in [-0.2, -0.15) is 10.2 Å². The van der Waals surface area contributed by atoms with Crippen LogP contribution < -0.4 is 9.64 Å². The Hall–Kier alpha value is -3.44. The SMILES string of the molecule is COc1ccc(CCC(=O)N2CCN(c3oc(-c4ccco4)nc3C#N)CC2)cc1Cl. The number of benzene rings is 1. The highest BCUT2D eigenvalue weighted by Crippen LogP contribution is 2.29. The lowest BCUT2D eigenvalue weighted by atomic mass is 10.1. The predicted octanol–water partition coefficient (Wildman–Crippen LogP) is 3.75. The van der Waals surface area contributed by atoms with Gasteiger partial charge in [-0.1, -0.05) is 17.7 Å². The van der Waals surface area contributed by atoms with E-state index in [1.54, 1.807) is 19.2 Å². The summed E-state index contributed by atoms with van der Waals surface area (Å²) in [6, 6.07) is 11.1. The molecule has 1 saturated heterocycles. The minimum atomic E-state index is 0.0842.